The first-order chi connectivity index (χ1) is 10.3. The first-order valence-corrected chi connectivity index (χ1v) is 9.84. The van der Waals surface area contributed by atoms with E-state index in [4.69, 9.17) is 0 Å². The van der Waals surface area contributed by atoms with E-state index in [1.54, 1.807) is 0 Å². The van der Waals surface area contributed by atoms with Crippen molar-refractivity contribution in [2.75, 3.05) is 16.8 Å². The Balaban J connectivity index is 1.70. The quantitative estimate of drug-likeness (QED) is 0.933. The van der Waals surface area contributed by atoms with E-state index in [0.717, 1.165) is 15.8 Å². The average molecular weight is 338 g/mol. The van der Waals surface area contributed by atoms with Crippen LogP contribution in [0.2, 0.25) is 0 Å². The van der Waals surface area contributed by atoms with E-state index in [-0.39, 0.29) is 29.8 Å². The molecule has 1 aliphatic heterocycles. The fraction of sp³-hybridized carbons (Fsp3) is 0.467. The first kappa shape index (κ1) is 15.4. The minimum absolute atomic E-state index is 0.0663. The first-order valence-electron chi connectivity index (χ1n) is 7.20. The molecule has 0 aliphatic carbocycles. The third-order valence-corrected chi connectivity index (χ3v) is 6.63. The number of hydrogen-bond acceptors (Lipinski definition) is 5. The van der Waals surface area contributed by atoms with Gasteiger partial charge in [0.2, 0.25) is 5.91 Å². The lowest BCUT2D eigenvalue weighted by atomic mass is 10.1. The van der Waals surface area contributed by atoms with Crippen molar-refractivity contribution in [3.8, 4) is 0 Å². The molecule has 118 valence electrons. The number of benzene rings is 1. The number of fused-ring (bicyclic) bond motifs is 1. The van der Waals surface area contributed by atoms with Crippen molar-refractivity contribution in [2.45, 2.75) is 26.7 Å². The summed E-state index contributed by atoms with van der Waals surface area (Å²) in [5.74, 6) is 0.0993. The number of carbonyl (C=O) groups excluding carboxylic acids is 1. The lowest BCUT2D eigenvalue weighted by Crippen LogP contribution is -2.17. The number of aryl methyl sites for hydroxylation is 2. The highest BCUT2D eigenvalue weighted by Gasteiger charge is 2.29. The minimum Gasteiger partial charge on any atom is -0.302 e. The summed E-state index contributed by atoms with van der Waals surface area (Å²) < 4.78 is 23.9. The number of nitrogens with one attached hydrogen (secondary N) is 1. The minimum atomic E-state index is -2.94. The van der Waals surface area contributed by atoms with Gasteiger partial charge in [-0.25, -0.2) is 13.4 Å². The summed E-state index contributed by atoms with van der Waals surface area (Å²) in [6.07, 6.45) is 0.821. The van der Waals surface area contributed by atoms with Crippen LogP contribution in [0.4, 0.5) is 5.13 Å². The van der Waals surface area contributed by atoms with Gasteiger partial charge < -0.3 is 5.32 Å². The topological polar surface area (TPSA) is 76.1 Å². The second kappa shape index (κ2) is 5.62. The third kappa shape index (κ3) is 3.30. The summed E-state index contributed by atoms with van der Waals surface area (Å²) in [5, 5.41) is 3.38. The molecule has 22 heavy (non-hydrogen) atoms. The number of anilines is 1. The van der Waals surface area contributed by atoms with Crippen LogP contribution in [-0.2, 0) is 14.6 Å². The molecule has 5 nitrogen and oxygen atoms in total. The maximum atomic E-state index is 12.1. The Hall–Kier alpha value is -1.47. The second-order valence-corrected chi connectivity index (χ2v) is 9.23. The Morgan fingerprint density at radius 3 is 2.86 bits per heavy atom. The number of amides is 1. The molecule has 1 saturated heterocycles. The molecule has 1 atom stereocenters. The Morgan fingerprint density at radius 2 is 2.18 bits per heavy atom. The summed E-state index contributed by atoms with van der Waals surface area (Å²) in [4.78, 5) is 16.5. The Kier molecular flexibility index (Phi) is 3.94. The maximum absolute atomic E-state index is 12.1. The van der Waals surface area contributed by atoms with E-state index in [2.05, 4.69) is 22.4 Å². The molecule has 3 rings (SSSR count). The largest absolute Gasteiger partial charge is 0.302 e. The summed E-state index contributed by atoms with van der Waals surface area (Å²) in [7, 11) is -2.94. The third-order valence-electron chi connectivity index (χ3n) is 3.88. The molecule has 7 heteroatoms. The zero-order valence-corrected chi connectivity index (χ0v) is 14.2. The molecule has 2 heterocycles. The Bertz CT molecular complexity index is 840. The van der Waals surface area contributed by atoms with Crippen LogP contribution in [0.5, 0.6) is 0 Å². The summed E-state index contributed by atoms with van der Waals surface area (Å²) >= 11 is 1.45. The summed E-state index contributed by atoms with van der Waals surface area (Å²) in [5.41, 5.74) is 3.17. The molecule has 0 radical (unpaired) electrons. The van der Waals surface area contributed by atoms with Gasteiger partial charge in [-0.2, -0.15) is 0 Å². The van der Waals surface area contributed by atoms with Crippen molar-refractivity contribution < 1.29 is 13.2 Å². The fourth-order valence-corrected chi connectivity index (χ4v) is 5.81. The van der Waals surface area contributed by atoms with E-state index in [9.17, 15) is 13.2 Å². The van der Waals surface area contributed by atoms with Crippen LogP contribution < -0.4 is 5.32 Å². The maximum Gasteiger partial charge on any atom is 0.226 e. The molecular weight excluding hydrogens is 320 g/mol. The van der Waals surface area contributed by atoms with Gasteiger partial charge in [0.1, 0.15) is 0 Å². The molecule has 1 N–H and O–H groups in total. The van der Waals surface area contributed by atoms with Gasteiger partial charge in [-0.1, -0.05) is 17.4 Å². The van der Waals surface area contributed by atoms with Gasteiger partial charge >= 0.3 is 0 Å². The zero-order valence-electron chi connectivity index (χ0n) is 12.5. The van der Waals surface area contributed by atoms with E-state index in [0.29, 0.717) is 11.6 Å². The van der Waals surface area contributed by atoms with Crippen LogP contribution in [0.3, 0.4) is 0 Å². The van der Waals surface area contributed by atoms with Gasteiger partial charge in [0.15, 0.2) is 15.0 Å². The number of carbonyl (C=O) groups is 1. The van der Waals surface area contributed by atoms with Gasteiger partial charge in [-0.05, 0) is 43.4 Å². The van der Waals surface area contributed by atoms with Crippen molar-refractivity contribution in [1.82, 2.24) is 4.98 Å². The van der Waals surface area contributed by atoms with Crippen LogP contribution in [-0.4, -0.2) is 30.8 Å². The lowest BCUT2D eigenvalue weighted by Gasteiger charge is -2.06. The summed E-state index contributed by atoms with van der Waals surface area (Å²) in [6, 6.07) is 4.12. The highest BCUT2D eigenvalue weighted by atomic mass is 32.2. The molecule has 1 amide bonds. The lowest BCUT2D eigenvalue weighted by molar-refractivity contribution is -0.116. The number of hydrogen-bond donors (Lipinski definition) is 1. The van der Waals surface area contributed by atoms with E-state index >= 15 is 0 Å². The monoisotopic (exact) mass is 338 g/mol. The highest BCUT2D eigenvalue weighted by molar-refractivity contribution is 7.91. The van der Waals surface area contributed by atoms with Crippen LogP contribution in [0.25, 0.3) is 10.2 Å². The number of sulfone groups is 1. The zero-order chi connectivity index (χ0) is 15.9. The Labute approximate surface area is 133 Å². The molecule has 1 aliphatic rings. The Morgan fingerprint density at radius 1 is 1.41 bits per heavy atom. The van der Waals surface area contributed by atoms with Gasteiger partial charge in [0, 0.05) is 6.42 Å². The molecule has 0 bridgehead atoms. The van der Waals surface area contributed by atoms with Crippen LogP contribution in [0.1, 0.15) is 24.0 Å². The van der Waals surface area contributed by atoms with Gasteiger partial charge in [-0.15, -0.1) is 0 Å². The van der Waals surface area contributed by atoms with Crippen molar-refractivity contribution in [3.63, 3.8) is 0 Å². The molecule has 1 aromatic heterocycles. The smallest absolute Gasteiger partial charge is 0.226 e. The molecule has 2 aromatic rings. The standard InChI is InChI=1S/C15H18N2O3S2/c1-9-5-10(2)14-12(6-9)21-15(17-14)16-13(18)7-11-3-4-22(19,20)8-11/h5-6,11H,3-4,7-8H2,1-2H3,(H,16,17,18). The van der Waals surface area contributed by atoms with Gasteiger partial charge in [0.05, 0.1) is 21.7 Å². The predicted octanol–water partition coefficient (Wildman–Crippen LogP) is 2.68. The number of aromatic nitrogens is 1. The second-order valence-electron chi connectivity index (χ2n) is 5.97. The number of nitrogens with zero attached hydrogens (tertiary/aromatic N) is 1. The van der Waals surface area contributed by atoms with E-state index < -0.39 is 9.84 Å². The molecule has 1 aromatic carbocycles. The van der Waals surface area contributed by atoms with Crippen molar-refractivity contribution in [2.24, 2.45) is 5.92 Å². The van der Waals surface area contributed by atoms with E-state index in [1.165, 1.54) is 16.9 Å². The van der Waals surface area contributed by atoms with Gasteiger partial charge in [0.25, 0.3) is 0 Å². The normalized spacial score (nSPS) is 20.4. The molecular formula is C15H18N2O3S2. The average Bonchev–Trinajstić information content (AvgIpc) is 2.92. The number of thiazole rings is 1. The SMILES string of the molecule is Cc1cc(C)c2nc(NC(=O)CC3CCS(=O)(=O)C3)sc2c1. The molecule has 0 saturated carbocycles. The van der Waals surface area contributed by atoms with Crippen molar-refractivity contribution in [3.05, 3.63) is 23.3 Å². The van der Waals surface area contributed by atoms with Crippen LogP contribution in [0, 0.1) is 19.8 Å². The van der Waals surface area contributed by atoms with Crippen molar-refractivity contribution in [1.29, 1.82) is 0 Å². The fourth-order valence-electron chi connectivity index (χ4n) is 2.89. The van der Waals surface area contributed by atoms with Crippen LogP contribution >= 0.6 is 11.3 Å². The van der Waals surface area contributed by atoms with E-state index in [1.807, 2.05) is 13.8 Å². The molecule has 1 fully saturated rings. The molecule has 0 spiro atoms. The molecule has 1 unspecified atom stereocenters. The van der Waals surface area contributed by atoms with Crippen molar-refractivity contribution >= 4 is 42.4 Å². The number of rotatable bonds is 3. The predicted molar refractivity (Wildman–Crippen MR) is 89.1 cm³/mol. The summed E-state index contributed by atoms with van der Waals surface area (Å²) in [6.45, 7) is 4.04. The highest BCUT2D eigenvalue weighted by Crippen LogP contribution is 2.30. The van der Waals surface area contributed by atoms with Gasteiger partial charge in [-0.3, -0.25) is 4.79 Å². The van der Waals surface area contributed by atoms with Crippen LogP contribution in [0.15, 0.2) is 12.1 Å².